The van der Waals surface area contributed by atoms with Gasteiger partial charge in [0.05, 0.1) is 0 Å². The van der Waals surface area contributed by atoms with E-state index in [1.54, 1.807) is 11.8 Å². The Bertz CT molecular complexity index is 1840. The van der Waals surface area contributed by atoms with E-state index in [9.17, 15) is 24.3 Å². The van der Waals surface area contributed by atoms with Crippen molar-refractivity contribution in [3.8, 4) is 11.1 Å². The van der Waals surface area contributed by atoms with E-state index in [2.05, 4.69) is 16.0 Å². The molecule has 0 bridgehead atoms. The van der Waals surface area contributed by atoms with Gasteiger partial charge in [0.15, 0.2) is 6.10 Å². The molecule has 1 aliphatic carbocycles. The highest BCUT2D eigenvalue weighted by molar-refractivity contribution is 7.98. The van der Waals surface area contributed by atoms with Gasteiger partial charge in [0.1, 0.15) is 18.1 Å². The fraction of sp³-hybridized carbons (Fsp3) is 0.349. The fourth-order valence-electron chi connectivity index (χ4n) is 6.67. The zero-order valence-corrected chi connectivity index (χ0v) is 32.1. The van der Waals surface area contributed by atoms with Crippen LogP contribution in [0.15, 0.2) is 109 Å². The molecule has 4 N–H and O–H groups in total. The Labute approximate surface area is 322 Å². The zero-order chi connectivity index (χ0) is 38.7. The molecular weight excluding hydrogens is 701 g/mol. The van der Waals surface area contributed by atoms with Gasteiger partial charge in [0.2, 0.25) is 17.7 Å². The number of aliphatic hydroxyl groups excluding tert-OH is 1. The molecule has 0 unspecified atom stereocenters. The molecule has 0 spiro atoms. The minimum Gasteiger partial charge on any atom is -0.436 e. The largest absolute Gasteiger partial charge is 0.436 e. The molecule has 5 rings (SSSR count). The van der Waals surface area contributed by atoms with Crippen LogP contribution >= 0.6 is 11.8 Å². The molecule has 0 saturated carbocycles. The van der Waals surface area contributed by atoms with E-state index < -0.39 is 54.3 Å². The summed E-state index contributed by atoms with van der Waals surface area (Å²) in [4.78, 5) is 57.9. The molecule has 4 aromatic rings. The quantitative estimate of drug-likeness (QED) is 0.110. The average molecular weight is 751 g/mol. The zero-order valence-electron chi connectivity index (χ0n) is 31.3. The summed E-state index contributed by atoms with van der Waals surface area (Å²) in [5.74, 6) is -0.847. The Morgan fingerprint density at radius 2 is 1.30 bits per heavy atom. The van der Waals surface area contributed by atoms with E-state index in [0.717, 1.165) is 33.4 Å². The molecule has 0 saturated heterocycles. The van der Waals surface area contributed by atoms with Crippen molar-refractivity contribution in [3.05, 3.63) is 131 Å². The normalized spacial score (nSPS) is 13.8. The predicted octanol–water partition coefficient (Wildman–Crippen LogP) is 6.03. The first-order valence-electron chi connectivity index (χ1n) is 18.2. The number of aliphatic hydroxyl groups is 1. The number of amides is 4. The van der Waals surface area contributed by atoms with E-state index in [-0.39, 0.29) is 25.3 Å². The molecule has 0 aromatic heterocycles. The fourth-order valence-corrected chi connectivity index (χ4v) is 7.14. The molecule has 4 amide bonds. The van der Waals surface area contributed by atoms with E-state index in [0.29, 0.717) is 12.2 Å². The van der Waals surface area contributed by atoms with E-state index in [1.807, 2.05) is 136 Å². The van der Waals surface area contributed by atoms with Gasteiger partial charge in [0, 0.05) is 36.2 Å². The van der Waals surface area contributed by atoms with Gasteiger partial charge in [-0.1, -0.05) is 109 Å². The second-order valence-electron chi connectivity index (χ2n) is 14.4. The smallest absolute Gasteiger partial charge is 0.408 e. The lowest BCUT2D eigenvalue weighted by atomic mass is 10.0. The standard InChI is InChI=1S/C43H50N4O6S/c1-43(2,3)46-39(49)35(24-26-54-4)44-40(50)37(23-25-48)47(28-30-17-9-6-10-18-30)41(51)36(27-29-15-7-5-8-16-29)45-42(52)53-38-33-21-13-11-19-31(33)32-20-12-14-22-34(32)38/h5-22,35-38,48H,23-28H2,1-4H3,(H,44,50)(H,45,52)(H,46,49)/t35-,36-,37-/m0/s1. The summed E-state index contributed by atoms with van der Waals surface area (Å²) in [5.41, 5.74) is 4.63. The Hall–Kier alpha value is -5.13. The monoisotopic (exact) mass is 750 g/mol. The third kappa shape index (κ3) is 10.5. The summed E-state index contributed by atoms with van der Waals surface area (Å²) in [6, 6.07) is 30.8. The number of alkyl carbamates (subject to hydrolysis) is 1. The molecule has 4 aromatic carbocycles. The van der Waals surface area contributed by atoms with Crippen LogP contribution in [-0.2, 0) is 32.1 Å². The molecule has 0 heterocycles. The second kappa shape index (κ2) is 18.8. The van der Waals surface area contributed by atoms with Crippen molar-refractivity contribution < 1.29 is 29.0 Å². The average Bonchev–Trinajstić information content (AvgIpc) is 3.47. The molecule has 54 heavy (non-hydrogen) atoms. The van der Waals surface area contributed by atoms with Gasteiger partial charge < -0.3 is 30.7 Å². The summed E-state index contributed by atoms with van der Waals surface area (Å²) >= 11 is 1.55. The van der Waals surface area contributed by atoms with Crippen LogP contribution in [0.2, 0.25) is 0 Å². The van der Waals surface area contributed by atoms with Crippen LogP contribution in [0, 0.1) is 0 Å². The van der Waals surface area contributed by atoms with Crippen molar-refractivity contribution in [2.24, 2.45) is 0 Å². The first-order chi connectivity index (χ1) is 26.0. The maximum Gasteiger partial charge on any atom is 0.408 e. The lowest BCUT2D eigenvalue weighted by molar-refractivity contribution is -0.144. The molecule has 0 fully saturated rings. The Morgan fingerprint density at radius 1 is 0.741 bits per heavy atom. The van der Waals surface area contributed by atoms with Crippen LogP contribution in [0.5, 0.6) is 0 Å². The van der Waals surface area contributed by atoms with Gasteiger partial charge in [-0.15, -0.1) is 0 Å². The van der Waals surface area contributed by atoms with Crippen LogP contribution < -0.4 is 16.0 Å². The summed E-state index contributed by atoms with van der Waals surface area (Å²) in [6.45, 7) is 5.19. The molecule has 11 heteroatoms. The number of hydrogen-bond donors (Lipinski definition) is 4. The Morgan fingerprint density at radius 3 is 1.85 bits per heavy atom. The van der Waals surface area contributed by atoms with Crippen molar-refractivity contribution >= 4 is 35.6 Å². The van der Waals surface area contributed by atoms with Crippen LogP contribution in [0.4, 0.5) is 4.79 Å². The lowest BCUT2D eigenvalue weighted by Crippen LogP contribution is -2.59. The van der Waals surface area contributed by atoms with Crippen LogP contribution in [0.1, 0.15) is 62.0 Å². The highest BCUT2D eigenvalue weighted by atomic mass is 32.2. The maximum atomic E-state index is 14.9. The van der Waals surface area contributed by atoms with E-state index in [4.69, 9.17) is 4.74 Å². The number of benzene rings is 4. The van der Waals surface area contributed by atoms with Gasteiger partial charge in [-0.3, -0.25) is 14.4 Å². The third-order valence-corrected chi connectivity index (χ3v) is 9.82. The van der Waals surface area contributed by atoms with Crippen molar-refractivity contribution in [1.29, 1.82) is 0 Å². The number of thioether (sulfide) groups is 1. The van der Waals surface area contributed by atoms with Crippen LogP contribution in [0.3, 0.4) is 0 Å². The number of fused-ring (bicyclic) bond motifs is 3. The number of carbonyl (C=O) groups is 4. The molecule has 1 aliphatic rings. The van der Waals surface area contributed by atoms with E-state index in [1.165, 1.54) is 4.90 Å². The Balaban J connectivity index is 1.47. The highest BCUT2D eigenvalue weighted by Gasteiger charge is 2.38. The lowest BCUT2D eigenvalue weighted by Gasteiger charge is -2.35. The van der Waals surface area contributed by atoms with Crippen molar-refractivity contribution in [1.82, 2.24) is 20.9 Å². The van der Waals surface area contributed by atoms with Gasteiger partial charge in [-0.05, 0) is 67.9 Å². The van der Waals surface area contributed by atoms with Gasteiger partial charge in [0.25, 0.3) is 0 Å². The molecule has 0 aliphatic heterocycles. The number of ether oxygens (including phenoxy) is 1. The molecule has 0 radical (unpaired) electrons. The van der Waals surface area contributed by atoms with Gasteiger partial charge in [-0.2, -0.15) is 11.8 Å². The number of rotatable bonds is 16. The summed E-state index contributed by atoms with van der Waals surface area (Å²) in [6.07, 6.45) is 0.819. The Kier molecular flexibility index (Phi) is 13.9. The highest BCUT2D eigenvalue weighted by Crippen LogP contribution is 2.45. The molecule has 284 valence electrons. The SMILES string of the molecule is CSCC[C@H](NC(=O)[C@H](CCO)N(Cc1ccccc1)C(=O)[C@H](Cc1ccccc1)NC(=O)OC1c2ccccc2-c2ccccc21)C(=O)NC(C)(C)C. The topological polar surface area (TPSA) is 137 Å². The molecule has 10 nitrogen and oxygen atoms in total. The first kappa shape index (κ1) is 40.1. The number of nitrogens with one attached hydrogen (secondary N) is 3. The summed E-state index contributed by atoms with van der Waals surface area (Å²) < 4.78 is 6.11. The minimum atomic E-state index is -1.17. The molecule has 3 atom stereocenters. The van der Waals surface area contributed by atoms with Crippen molar-refractivity contribution in [2.45, 2.75) is 76.3 Å². The predicted molar refractivity (Wildman–Crippen MR) is 213 cm³/mol. The van der Waals surface area contributed by atoms with E-state index >= 15 is 0 Å². The number of carbonyl (C=O) groups excluding carboxylic acids is 4. The van der Waals surface area contributed by atoms with Gasteiger partial charge in [-0.25, -0.2) is 4.79 Å². The third-order valence-electron chi connectivity index (χ3n) is 9.18. The summed E-state index contributed by atoms with van der Waals surface area (Å²) in [5, 5.41) is 19.0. The number of nitrogens with zero attached hydrogens (tertiary/aromatic N) is 1. The number of hydrogen-bond acceptors (Lipinski definition) is 7. The van der Waals surface area contributed by atoms with Crippen LogP contribution in [0.25, 0.3) is 11.1 Å². The van der Waals surface area contributed by atoms with Crippen LogP contribution in [-0.4, -0.2) is 76.1 Å². The van der Waals surface area contributed by atoms with Gasteiger partial charge >= 0.3 is 6.09 Å². The summed E-state index contributed by atoms with van der Waals surface area (Å²) in [7, 11) is 0. The maximum absolute atomic E-state index is 14.9. The molecular formula is C43H50N4O6S. The minimum absolute atomic E-state index is 0.00676. The van der Waals surface area contributed by atoms with Crippen molar-refractivity contribution in [3.63, 3.8) is 0 Å². The first-order valence-corrected chi connectivity index (χ1v) is 19.6. The van der Waals surface area contributed by atoms with Crippen molar-refractivity contribution in [2.75, 3.05) is 18.6 Å². The second-order valence-corrected chi connectivity index (χ2v) is 15.4.